The summed E-state index contributed by atoms with van der Waals surface area (Å²) in [5, 5.41) is 0. The van der Waals surface area contributed by atoms with Crippen molar-refractivity contribution < 1.29 is 4.74 Å². The van der Waals surface area contributed by atoms with Crippen LogP contribution in [0.15, 0.2) is 48.5 Å². The van der Waals surface area contributed by atoms with Crippen LogP contribution in [-0.4, -0.2) is 19.7 Å². The van der Waals surface area contributed by atoms with Gasteiger partial charge in [-0.1, -0.05) is 0 Å². The maximum Gasteiger partial charge on any atom is 0.119 e. The first-order valence-corrected chi connectivity index (χ1v) is 7.79. The van der Waals surface area contributed by atoms with Gasteiger partial charge in [0.2, 0.25) is 0 Å². The molecule has 0 bridgehead atoms. The zero-order valence-electron chi connectivity index (χ0n) is 12.7. The fraction of sp³-hybridized carbons (Fsp3) is 0.333. The Morgan fingerprint density at radius 2 is 1.41 bits per heavy atom. The lowest BCUT2D eigenvalue weighted by Crippen LogP contribution is -2.35. The van der Waals surface area contributed by atoms with E-state index in [0.29, 0.717) is 5.92 Å². The van der Waals surface area contributed by atoms with Crippen LogP contribution in [0, 0.1) is 5.92 Å². The fourth-order valence-corrected chi connectivity index (χ4v) is 2.82. The second-order valence-corrected chi connectivity index (χ2v) is 5.90. The number of hydrogen-bond donors (Lipinski definition) is 2. The van der Waals surface area contributed by atoms with E-state index in [1.54, 1.807) is 0 Å². The Bertz CT molecular complexity index is 587. The number of nitrogen functional groups attached to an aromatic ring is 2. The SMILES string of the molecule is Nc1ccc(OCC2CCN(c3ccc(N)cc3)CC2)cc1. The lowest BCUT2D eigenvalue weighted by molar-refractivity contribution is 0.223. The van der Waals surface area contributed by atoms with Gasteiger partial charge in [0.1, 0.15) is 5.75 Å². The minimum absolute atomic E-state index is 0.614. The van der Waals surface area contributed by atoms with Crippen LogP contribution in [0.25, 0.3) is 0 Å². The first-order chi connectivity index (χ1) is 10.7. The van der Waals surface area contributed by atoms with Gasteiger partial charge in [0.15, 0.2) is 0 Å². The minimum Gasteiger partial charge on any atom is -0.493 e. The molecule has 1 saturated heterocycles. The summed E-state index contributed by atoms with van der Waals surface area (Å²) in [6.45, 7) is 2.92. The van der Waals surface area contributed by atoms with Gasteiger partial charge in [-0.25, -0.2) is 0 Å². The van der Waals surface area contributed by atoms with E-state index < -0.39 is 0 Å². The monoisotopic (exact) mass is 297 g/mol. The van der Waals surface area contributed by atoms with Crippen LogP contribution in [0.1, 0.15) is 12.8 Å². The topological polar surface area (TPSA) is 64.5 Å². The van der Waals surface area contributed by atoms with Gasteiger partial charge >= 0.3 is 0 Å². The molecule has 3 rings (SSSR count). The van der Waals surface area contributed by atoms with Crippen molar-refractivity contribution in [1.29, 1.82) is 0 Å². The Kier molecular flexibility index (Phi) is 4.37. The number of benzene rings is 2. The lowest BCUT2D eigenvalue weighted by Gasteiger charge is -2.33. The van der Waals surface area contributed by atoms with Crippen molar-refractivity contribution in [3.63, 3.8) is 0 Å². The van der Waals surface area contributed by atoms with E-state index in [1.165, 1.54) is 5.69 Å². The van der Waals surface area contributed by atoms with Crippen molar-refractivity contribution in [2.75, 3.05) is 36.1 Å². The molecule has 0 unspecified atom stereocenters. The number of hydrogen-bond acceptors (Lipinski definition) is 4. The molecule has 1 aliphatic heterocycles. The summed E-state index contributed by atoms with van der Waals surface area (Å²) in [7, 11) is 0. The normalized spacial score (nSPS) is 15.7. The summed E-state index contributed by atoms with van der Waals surface area (Å²) < 4.78 is 5.87. The van der Waals surface area contributed by atoms with Crippen LogP contribution >= 0.6 is 0 Å². The lowest BCUT2D eigenvalue weighted by atomic mass is 9.97. The zero-order chi connectivity index (χ0) is 15.4. The van der Waals surface area contributed by atoms with E-state index in [1.807, 2.05) is 36.4 Å². The standard InChI is InChI=1S/C18H23N3O/c19-15-1-5-17(6-2-15)21-11-9-14(10-12-21)13-22-18-7-3-16(20)4-8-18/h1-8,14H,9-13,19-20H2. The Labute approximate surface area is 131 Å². The van der Waals surface area contributed by atoms with E-state index in [-0.39, 0.29) is 0 Å². The summed E-state index contributed by atoms with van der Waals surface area (Å²) >= 11 is 0. The molecule has 0 amide bonds. The van der Waals surface area contributed by atoms with Crippen molar-refractivity contribution in [1.82, 2.24) is 0 Å². The van der Waals surface area contributed by atoms with E-state index in [0.717, 1.165) is 49.7 Å². The molecule has 4 heteroatoms. The zero-order valence-corrected chi connectivity index (χ0v) is 12.7. The fourth-order valence-electron chi connectivity index (χ4n) is 2.82. The molecule has 4 N–H and O–H groups in total. The number of anilines is 3. The number of nitrogens with zero attached hydrogens (tertiary/aromatic N) is 1. The highest BCUT2D eigenvalue weighted by atomic mass is 16.5. The summed E-state index contributed by atoms with van der Waals surface area (Å²) in [4.78, 5) is 2.42. The Morgan fingerprint density at radius 1 is 0.864 bits per heavy atom. The van der Waals surface area contributed by atoms with Crippen LogP contribution in [0.3, 0.4) is 0 Å². The van der Waals surface area contributed by atoms with Crippen molar-refractivity contribution in [3.05, 3.63) is 48.5 Å². The van der Waals surface area contributed by atoms with Crippen molar-refractivity contribution >= 4 is 17.1 Å². The Morgan fingerprint density at radius 3 is 2.00 bits per heavy atom. The van der Waals surface area contributed by atoms with E-state index in [9.17, 15) is 0 Å². The largest absolute Gasteiger partial charge is 0.493 e. The highest BCUT2D eigenvalue weighted by Crippen LogP contribution is 2.25. The summed E-state index contributed by atoms with van der Waals surface area (Å²) in [6, 6.07) is 15.7. The van der Waals surface area contributed by atoms with Crippen LogP contribution < -0.4 is 21.1 Å². The highest BCUT2D eigenvalue weighted by molar-refractivity contribution is 5.53. The predicted molar refractivity (Wildman–Crippen MR) is 92.1 cm³/mol. The van der Waals surface area contributed by atoms with Crippen molar-refractivity contribution in [2.24, 2.45) is 5.92 Å². The third-order valence-electron chi connectivity index (χ3n) is 4.24. The summed E-state index contributed by atoms with van der Waals surface area (Å²) in [5.74, 6) is 1.51. The molecule has 1 fully saturated rings. The molecule has 0 radical (unpaired) electrons. The van der Waals surface area contributed by atoms with Gasteiger partial charge in [-0.05, 0) is 67.3 Å². The maximum atomic E-state index is 5.87. The molecule has 2 aromatic rings. The van der Waals surface area contributed by atoms with Crippen molar-refractivity contribution in [3.8, 4) is 5.75 Å². The van der Waals surface area contributed by atoms with Gasteiger partial charge in [0.25, 0.3) is 0 Å². The average molecular weight is 297 g/mol. The van der Waals surface area contributed by atoms with Crippen LogP contribution in [0.2, 0.25) is 0 Å². The van der Waals surface area contributed by atoms with Crippen LogP contribution in [-0.2, 0) is 0 Å². The highest BCUT2D eigenvalue weighted by Gasteiger charge is 2.20. The first-order valence-electron chi connectivity index (χ1n) is 7.79. The maximum absolute atomic E-state index is 5.87. The quantitative estimate of drug-likeness (QED) is 0.851. The molecule has 0 spiro atoms. The van der Waals surface area contributed by atoms with Crippen LogP contribution in [0.4, 0.5) is 17.1 Å². The van der Waals surface area contributed by atoms with Gasteiger partial charge < -0.3 is 21.1 Å². The molecule has 1 aliphatic rings. The van der Waals surface area contributed by atoms with Gasteiger partial charge in [-0.2, -0.15) is 0 Å². The molecule has 116 valence electrons. The average Bonchev–Trinajstić information content (AvgIpc) is 2.56. The van der Waals surface area contributed by atoms with Gasteiger partial charge in [-0.15, -0.1) is 0 Å². The molecular weight excluding hydrogens is 274 g/mol. The molecule has 0 saturated carbocycles. The van der Waals surface area contributed by atoms with Gasteiger partial charge in [0.05, 0.1) is 6.61 Å². The van der Waals surface area contributed by atoms with Gasteiger partial charge in [-0.3, -0.25) is 0 Å². The van der Waals surface area contributed by atoms with Crippen LogP contribution in [0.5, 0.6) is 5.75 Å². The third kappa shape index (κ3) is 3.64. The second-order valence-electron chi connectivity index (χ2n) is 5.90. The predicted octanol–water partition coefficient (Wildman–Crippen LogP) is 3.15. The van der Waals surface area contributed by atoms with Crippen molar-refractivity contribution in [2.45, 2.75) is 12.8 Å². The molecule has 1 heterocycles. The smallest absolute Gasteiger partial charge is 0.119 e. The number of rotatable bonds is 4. The molecule has 22 heavy (non-hydrogen) atoms. The summed E-state index contributed by atoms with van der Waals surface area (Å²) in [6.07, 6.45) is 2.30. The Hall–Kier alpha value is -2.36. The van der Waals surface area contributed by atoms with E-state index >= 15 is 0 Å². The minimum atomic E-state index is 0.614. The first kappa shape index (κ1) is 14.6. The third-order valence-corrected chi connectivity index (χ3v) is 4.24. The number of piperidine rings is 1. The molecular formula is C18H23N3O. The number of ether oxygens (including phenoxy) is 1. The number of nitrogens with two attached hydrogens (primary N) is 2. The molecule has 4 nitrogen and oxygen atoms in total. The van der Waals surface area contributed by atoms with E-state index in [4.69, 9.17) is 16.2 Å². The molecule has 0 aliphatic carbocycles. The molecule has 0 atom stereocenters. The molecule has 0 aromatic heterocycles. The second kappa shape index (κ2) is 6.60. The van der Waals surface area contributed by atoms with E-state index in [2.05, 4.69) is 17.0 Å². The van der Waals surface area contributed by atoms with Gasteiger partial charge in [0, 0.05) is 30.2 Å². The Balaban J connectivity index is 1.47. The molecule has 2 aromatic carbocycles. The summed E-state index contributed by atoms with van der Waals surface area (Å²) in [5.41, 5.74) is 14.3.